The number of rotatable bonds is 6. The molecule has 1 aliphatic carbocycles. The average Bonchev–Trinajstić information content (AvgIpc) is 3.05. The van der Waals surface area contributed by atoms with Gasteiger partial charge in [-0.3, -0.25) is 9.48 Å². The van der Waals surface area contributed by atoms with Gasteiger partial charge in [0.25, 0.3) is 5.91 Å². The average molecular weight is 318 g/mol. The van der Waals surface area contributed by atoms with E-state index in [9.17, 15) is 4.79 Å². The summed E-state index contributed by atoms with van der Waals surface area (Å²) in [6.07, 6.45) is 2.18. The van der Waals surface area contributed by atoms with Gasteiger partial charge in [-0.2, -0.15) is 10.1 Å². The summed E-state index contributed by atoms with van der Waals surface area (Å²) in [5, 5.41) is 11.5. The van der Waals surface area contributed by atoms with Crippen molar-refractivity contribution in [1.29, 1.82) is 0 Å². The lowest BCUT2D eigenvalue weighted by molar-refractivity contribution is 0.0931. The first-order valence-electron chi connectivity index (χ1n) is 7.67. The highest BCUT2D eigenvalue weighted by molar-refractivity contribution is 5.90. The summed E-state index contributed by atoms with van der Waals surface area (Å²) in [6.45, 7) is 5.47. The molecule has 0 radical (unpaired) electrons. The Bertz CT molecular complexity index is 728. The van der Waals surface area contributed by atoms with E-state index < -0.39 is 0 Å². The first-order chi connectivity index (χ1) is 10.9. The molecule has 0 bridgehead atoms. The van der Waals surface area contributed by atoms with Crippen molar-refractivity contribution in [2.75, 3.05) is 13.7 Å². The van der Waals surface area contributed by atoms with Crippen LogP contribution in [0.25, 0.3) is 0 Å². The fourth-order valence-electron chi connectivity index (χ4n) is 2.71. The molecular formula is C15H22N6O2. The van der Waals surface area contributed by atoms with Crippen LogP contribution in [0.3, 0.4) is 0 Å². The topological polar surface area (TPSA) is 86.9 Å². The summed E-state index contributed by atoms with van der Waals surface area (Å²) >= 11 is 0. The van der Waals surface area contributed by atoms with Crippen molar-refractivity contribution < 1.29 is 9.53 Å². The molecule has 0 atom stereocenters. The van der Waals surface area contributed by atoms with Crippen molar-refractivity contribution in [3.63, 3.8) is 0 Å². The third-order valence-electron chi connectivity index (χ3n) is 4.28. The standard InChI is InChI=1S/C15H22N6O2/c1-10-7-11(2)21(18-10)9-15(5-6-15)8-16-13(22)12-17-14(23-4)20(3)19-12/h7H,5-6,8-9H2,1-4H3,(H,16,22). The summed E-state index contributed by atoms with van der Waals surface area (Å²) in [5.41, 5.74) is 2.26. The van der Waals surface area contributed by atoms with Crippen molar-refractivity contribution >= 4 is 5.91 Å². The molecule has 23 heavy (non-hydrogen) atoms. The second-order valence-electron chi connectivity index (χ2n) is 6.31. The zero-order chi connectivity index (χ0) is 16.6. The number of nitrogens with one attached hydrogen (secondary N) is 1. The summed E-state index contributed by atoms with van der Waals surface area (Å²) in [6, 6.07) is 2.39. The Balaban J connectivity index is 1.61. The number of carbonyl (C=O) groups is 1. The SMILES string of the molecule is COc1nc(C(=O)NCC2(Cn3nc(C)cc3C)CC2)nn1C. The summed E-state index contributed by atoms with van der Waals surface area (Å²) < 4.78 is 8.49. The molecule has 0 saturated heterocycles. The fraction of sp³-hybridized carbons (Fsp3) is 0.600. The van der Waals surface area contributed by atoms with Gasteiger partial charge in [0.2, 0.25) is 5.82 Å². The molecule has 0 aliphatic heterocycles. The van der Waals surface area contributed by atoms with Crippen LogP contribution in [0, 0.1) is 19.3 Å². The van der Waals surface area contributed by atoms with Crippen molar-refractivity contribution in [1.82, 2.24) is 29.9 Å². The molecular weight excluding hydrogens is 296 g/mol. The Morgan fingerprint density at radius 3 is 2.65 bits per heavy atom. The molecule has 1 fully saturated rings. The van der Waals surface area contributed by atoms with Crippen LogP contribution in [-0.2, 0) is 13.6 Å². The third-order valence-corrected chi connectivity index (χ3v) is 4.28. The van der Waals surface area contributed by atoms with E-state index in [0.717, 1.165) is 30.8 Å². The minimum Gasteiger partial charge on any atom is -0.467 e. The van der Waals surface area contributed by atoms with Crippen molar-refractivity contribution in [3.8, 4) is 6.01 Å². The van der Waals surface area contributed by atoms with Crippen LogP contribution in [0.5, 0.6) is 6.01 Å². The molecule has 1 saturated carbocycles. The molecule has 1 amide bonds. The van der Waals surface area contributed by atoms with E-state index in [4.69, 9.17) is 4.74 Å². The number of methoxy groups -OCH3 is 1. The van der Waals surface area contributed by atoms with Crippen LogP contribution >= 0.6 is 0 Å². The van der Waals surface area contributed by atoms with E-state index in [1.165, 1.54) is 11.8 Å². The normalized spacial score (nSPS) is 15.5. The van der Waals surface area contributed by atoms with Crippen LogP contribution < -0.4 is 10.1 Å². The molecule has 1 aliphatic rings. The monoisotopic (exact) mass is 318 g/mol. The van der Waals surface area contributed by atoms with E-state index in [2.05, 4.69) is 33.5 Å². The smallest absolute Gasteiger partial charge is 0.314 e. The van der Waals surface area contributed by atoms with Gasteiger partial charge >= 0.3 is 6.01 Å². The highest BCUT2D eigenvalue weighted by Crippen LogP contribution is 2.46. The number of aromatic nitrogens is 5. The van der Waals surface area contributed by atoms with Gasteiger partial charge in [-0.15, -0.1) is 5.10 Å². The molecule has 1 N–H and O–H groups in total. The molecule has 8 nitrogen and oxygen atoms in total. The molecule has 2 heterocycles. The first kappa shape index (κ1) is 15.5. The highest BCUT2D eigenvalue weighted by atomic mass is 16.5. The van der Waals surface area contributed by atoms with Gasteiger partial charge in [-0.25, -0.2) is 4.68 Å². The second-order valence-corrected chi connectivity index (χ2v) is 6.31. The van der Waals surface area contributed by atoms with E-state index in [0.29, 0.717) is 12.6 Å². The van der Waals surface area contributed by atoms with Gasteiger partial charge in [0.15, 0.2) is 0 Å². The molecule has 3 rings (SSSR count). The molecule has 2 aromatic heterocycles. The van der Waals surface area contributed by atoms with E-state index in [1.54, 1.807) is 7.05 Å². The first-order valence-corrected chi connectivity index (χ1v) is 7.67. The van der Waals surface area contributed by atoms with Crippen molar-refractivity contribution in [2.24, 2.45) is 12.5 Å². The van der Waals surface area contributed by atoms with Gasteiger partial charge in [0, 0.05) is 31.2 Å². The number of amides is 1. The van der Waals surface area contributed by atoms with Crippen LogP contribution in [0.2, 0.25) is 0 Å². The van der Waals surface area contributed by atoms with Gasteiger partial charge in [0.1, 0.15) is 0 Å². The molecule has 124 valence electrons. The van der Waals surface area contributed by atoms with E-state index >= 15 is 0 Å². The minimum atomic E-state index is -0.274. The lowest BCUT2D eigenvalue weighted by Gasteiger charge is -2.16. The highest BCUT2D eigenvalue weighted by Gasteiger charge is 2.43. The van der Waals surface area contributed by atoms with Crippen LogP contribution in [-0.4, -0.2) is 44.1 Å². The number of ether oxygens (including phenoxy) is 1. The molecule has 0 unspecified atom stereocenters. The Morgan fingerprint density at radius 2 is 2.13 bits per heavy atom. The van der Waals surface area contributed by atoms with E-state index in [-0.39, 0.29) is 17.1 Å². The summed E-state index contributed by atoms with van der Waals surface area (Å²) in [7, 11) is 3.19. The number of nitrogens with zero attached hydrogens (tertiary/aromatic N) is 5. The Labute approximate surface area is 134 Å². The predicted octanol–water partition coefficient (Wildman–Crippen LogP) is 0.847. The molecule has 2 aromatic rings. The number of aryl methyl sites for hydroxylation is 3. The van der Waals surface area contributed by atoms with Crippen molar-refractivity contribution in [3.05, 3.63) is 23.3 Å². The largest absolute Gasteiger partial charge is 0.467 e. The van der Waals surface area contributed by atoms with Crippen LogP contribution in [0.15, 0.2) is 6.07 Å². The summed E-state index contributed by atoms with van der Waals surface area (Å²) in [5.74, 6) is -0.144. The second kappa shape index (κ2) is 5.68. The minimum absolute atomic E-state index is 0.0950. The lowest BCUT2D eigenvalue weighted by Crippen LogP contribution is -2.33. The maximum absolute atomic E-state index is 12.2. The van der Waals surface area contributed by atoms with E-state index in [1.807, 2.05) is 11.6 Å². The third kappa shape index (κ3) is 3.20. The fourth-order valence-corrected chi connectivity index (χ4v) is 2.71. The van der Waals surface area contributed by atoms with Gasteiger partial charge in [-0.1, -0.05) is 0 Å². The zero-order valence-electron chi connectivity index (χ0n) is 14.0. The van der Waals surface area contributed by atoms with Crippen molar-refractivity contribution in [2.45, 2.75) is 33.2 Å². The van der Waals surface area contributed by atoms with Gasteiger partial charge in [-0.05, 0) is 32.8 Å². The molecule has 0 aromatic carbocycles. The summed E-state index contributed by atoms with van der Waals surface area (Å²) in [4.78, 5) is 16.2. The number of hydrogen-bond donors (Lipinski definition) is 1. The molecule has 0 spiro atoms. The quantitative estimate of drug-likeness (QED) is 0.853. The number of hydrogen-bond acceptors (Lipinski definition) is 5. The van der Waals surface area contributed by atoms with Gasteiger partial charge in [0.05, 0.1) is 12.8 Å². The predicted molar refractivity (Wildman–Crippen MR) is 83.3 cm³/mol. The van der Waals surface area contributed by atoms with Crippen LogP contribution in [0.4, 0.5) is 0 Å². The maximum Gasteiger partial charge on any atom is 0.314 e. The Morgan fingerprint density at radius 1 is 1.39 bits per heavy atom. The van der Waals surface area contributed by atoms with Gasteiger partial charge < -0.3 is 10.1 Å². The number of carbonyl (C=O) groups excluding carboxylic acids is 1. The van der Waals surface area contributed by atoms with Crippen LogP contribution in [0.1, 0.15) is 34.8 Å². The molecule has 8 heteroatoms. The zero-order valence-corrected chi connectivity index (χ0v) is 14.0. The Kier molecular flexibility index (Phi) is 3.83. The Hall–Kier alpha value is -2.38. The maximum atomic E-state index is 12.2. The lowest BCUT2D eigenvalue weighted by atomic mass is 10.1.